The molecule has 0 radical (unpaired) electrons. The lowest BCUT2D eigenvalue weighted by Crippen LogP contribution is -2.66. The summed E-state index contributed by atoms with van der Waals surface area (Å²) < 4.78 is 25.0. The van der Waals surface area contributed by atoms with Crippen molar-refractivity contribution in [3.8, 4) is 0 Å². The van der Waals surface area contributed by atoms with Gasteiger partial charge < -0.3 is 87.4 Å². The van der Waals surface area contributed by atoms with Gasteiger partial charge in [-0.2, -0.15) is 0 Å². The number of rotatable bonds is 32. The second-order valence-corrected chi connectivity index (χ2v) is 21.5. The summed E-state index contributed by atoms with van der Waals surface area (Å²) in [6.45, 7) is 7.92. The highest BCUT2D eigenvalue weighted by molar-refractivity contribution is 6.04. The smallest absolute Gasteiger partial charge is 0.330 e. The van der Waals surface area contributed by atoms with E-state index in [-0.39, 0.29) is 51.5 Å². The van der Waals surface area contributed by atoms with Crippen LogP contribution < -0.4 is 49.3 Å². The van der Waals surface area contributed by atoms with Gasteiger partial charge >= 0.3 is 23.7 Å². The third kappa shape index (κ3) is 16.7. The maximum atomic E-state index is 14.9. The van der Waals surface area contributed by atoms with Crippen molar-refractivity contribution >= 4 is 41.7 Å². The largest absolute Gasteiger partial charge is 0.480 e. The molecule has 0 spiro atoms. The van der Waals surface area contributed by atoms with E-state index in [1.165, 1.54) is 20.0 Å². The number of nitrogens with one attached hydrogen (secondary N) is 6. The number of hydrogen-bond acceptors (Lipinski definition) is 20. The van der Waals surface area contributed by atoms with E-state index in [4.69, 9.17) is 30.4 Å². The Morgan fingerprint density at radius 1 is 0.850 bits per heavy atom. The zero-order valence-corrected chi connectivity index (χ0v) is 46.6. The Kier molecular flexibility index (Phi) is 25.1. The van der Waals surface area contributed by atoms with Crippen molar-refractivity contribution < 1.29 is 73.2 Å². The number of hydrogen-bond donors (Lipinski definition) is 13. The highest BCUT2D eigenvalue weighted by atomic mass is 16.7. The van der Waals surface area contributed by atoms with E-state index < -0.39 is 150 Å². The van der Waals surface area contributed by atoms with Crippen molar-refractivity contribution in [2.75, 3.05) is 39.8 Å². The predicted molar refractivity (Wildman–Crippen MR) is 286 cm³/mol. The van der Waals surface area contributed by atoms with E-state index in [1.54, 1.807) is 27.7 Å². The van der Waals surface area contributed by atoms with Gasteiger partial charge in [-0.25, -0.2) is 19.2 Å². The number of aromatic amines is 1. The van der Waals surface area contributed by atoms with Crippen LogP contribution in [0.4, 0.5) is 9.59 Å². The van der Waals surface area contributed by atoms with Gasteiger partial charge in [-0.15, -0.1) is 0 Å². The first-order chi connectivity index (χ1) is 38.1. The number of aliphatic hydroxyl groups excluding tert-OH is 4. The Morgan fingerprint density at radius 2 is 1.51 bits per heavy atom. The normalized spacial score (nSPS) is 26.9. The number of aliphatic imine (C=N–C) groups is 1. The summed E-state index contributed by atoms with van der Waals surface area (Å²) in [5, 5.41) is 68.2. The molecule has 80 heavy (non-hydrogen) atoms. The molecule has 5 heterocycles. The quantitative estimate of drug-likeness (QED) is 0.0265. The molecular formula is C51H86N12O17. The molecule has 29 nitrogen and oxygen atoms in total. The first kappa shape index (κ1) is 65.0. The van der Waals surface area contributed by atoms with Crippen molar-refractivity contribution in [2.45, 2.75) is 203 Å². The summed E-state index contributed by atoms with van der Waals surface area (Å²) in [4.78, 5) is 116. The monoisotopic (exact) mass is 1140 g/mol. The lowest BCUT2D eigenvalue weighted by molar-refractivity contribution is -0.233. The van der Waals surface area contributed by atoms with Crippen molar-refractivity contribution in [1.82, 2.24) is 45.9 Å². The maximum absolute atomic E-state index is 14.9. The van der Waals surface area contributed by atoms with Crippen LogP contribution in [0.15, 0.2) is 26.8 Å². The van der Waals surface area contributed by atoms with E-state index in [9.17, 15) is 63.9 Å². The van der Waals surface area contributed by atoms with Crippen molar-refractivity contribution in [3.05, 3.63) is 33.1 Å². The zero-order chi connectivity index (χ0) is 59.0. The fourth-order valence-electron chi connectivity index (χ4n) is 10.3. The number of urea groups is 2. The van der Waals surface area contributed by atoms with Crippen molar-refractivity contribution in [3.63, 3.8) is 0 Å². The number of ether oxygens (including phenoxy) is 4. The number of imide groups is 1. The first-order valence-corrected chi connectivity index (χ1v) is 27.9. The summed E-state index contributed by atoms with van der Waals surface area (Å²) in [5.74, 6) is -5.13. The maximum Gasteiger partial charge on any atom is 0.330 e. The molecule has 3 saturated heterocycles. The molecule has 3 fully saturated rings. The van der Waals surface area contributed by atoms with Crippen LogP contribution >= 0.6 is 0 Å². The number of guanidine groups is 1. The molecule has 7 unspecified atom stereocenters. The Labute approximate surface area is 464 Å². The van der Waals surface area contributed by atoms with Gasteiger partial charge in [0.1, 0.15) is 66.9 Å². The van der Waals surface area contributed by atoms with Crippen molar-refractivity contribution in [2.24, 2.45) is 28.3 Å². The number of aliphatic carboxylic acids is 1. The van der Waals surface area contributed by atoms with Gasteiger partial charge in [0.2, 0.25) is 11.8 Å². The molecular weight excluding hydrogens is 1050 g/mol. The Morgan fingerprint density at radius 3 is 2.10 bits per heavy atom. The van der Waals surface area contributed by atoms with Gasteiger partial charge in [0.15, 0.2) is 18.5 Å². The predicted octanol–water partition coefficient (Wildman–Crippen LogP) is -2.38. The molecule has 7 amide bonds. The van der Waals surface area contributed by atoms with Gasteiger partial charge in [-0.3, -0.25) is 38.6 Å². The third-order valence-electron chi connectivity index (χ3n) is 14.9. The topological polar surface area (TPSA) is 426 Å². The molecule has 15 N–H and O–H groups in total. The fourth-order valence-corrected chi connectivity index (χ4v) is 10.3. The highest BCUT2D eigenvalue weighted by Crippen LogP contribution is 2.38. The zero-order valence-electron chi connectivity index (χ0n) is 46.6. The van der Waals surface area contributed by atoms with Crippen LogP contribution in [0.3, 0.4) is 0 Å². The van der Waals surface area contributed by atoms with Crippen LogP contribution in [0.5, 0.6) is 0 Å². The lowest BCUT2D eigenvalue weighted by Gasteiger charge is -2.36. The molecule has 0 aliphatic carbocycles. The number of carboxylic acids is 1. The number of carbonyl (C=O) groups is 6. The lowest BCUT2D eigenvalue weighted by atomic mass is 9.97. The van der Waals surface area contributed by atoms with Gasteiger partial charge in [-0.05, 0) is 31.1 Å². The van der Waals surface area contributed by atoms with Gasteiger partial charge in [0.05, 0.1) is 12.1 Å². The molecule has 4 aliphatic rings. The molecule has 452 valence electrons. The minimum atomic E-state index is -1.92. The van der Waals surface area contributed by atoms with Crippen LogP contribution in [0.25, 0.3) is 0 Å². The molecule has 15 atom stereocenters. The van der Waals surface area contributed by atoms with E-state index in [2.05, 4.69) is 43.5 Å². The third-order valence-corrected chi connectivity index (χ3v) is 14.9. The van der Waals surface area contributed by atoms with E-state index >= 15 is 0 Å². The molecule has 0 saturated carbocycles. The van der Waals surface area contributed by atoms with Gasteiger partial charge in [-0.1, -0.05) is 92.4 Å². The number of unbranched alkanes of at least 4 members (excludes halogenated alkanes) is 9. The average Bonchev–Trinajstić information content (AvgIpc) is 4.08. The SMILES string of the molecule is CCCCCCCCCCCCN1C(=O)C([C@@H](OC2O[C@H](CN)[C@H](O)[C@H]2OC)[C@H]2O[C@@H](n3ccc(=O)[nH]c3=O)[C@H](O)[C@@H]2O)N(CCCNC(=O)C(NC(=O)C(NC(=O)NC(C(=O)O)C(C)C)C2CCN=C(N)N2)C(O)C(C)C)C1=O. The summed E-state index contributed by atoms with van der Waals surface area (Å²) in [5.41, 5.74) is 10.1. The molecule has 1 aromatic heterocycles. The number of aromatic nitrogens is 2. The van der Waals surface area contributed by atoms with E-state index in [0.29, 0.717) is 12.8 Å². The number of carbonyl (C=O) groups excluding carboxylic acids is 5. The second kappa shape index (κ2) is 30.9. The van der Waals surface area contributed by atoms with Crippen LogP contribution in [0, 0.1) is 11.8 Å². The molecule has 5 rings (SSSR count). The van der Waals surface area contributed by atoms with E-state index in [0.717, 1.165) is 65.2 Å². The molecule has 0 bridgehead atoms. The average molecular weight is 1140 g/mol. The van der Waals surface area contributed by atoms with Crippen LogP contribution in [-0.2, 0) is 38.1 Å². The van der Waals surface area contributed by atoms with Crippen LogP contribution in [0.1, 0.15) is 118 Å². The van der Waals surface area contributed by atoms with Gasteiger partial charge in [0.25, 0.3) is 11.5 Å². The minimum absolute atomic E-state index is 0.0229. The van der Waals surface area contributed by atoms with Crippen molar-refractivity contribution in [1.29, 1.82) is 0 Å². The summed E-state index contributed by atoms with van der Waals surface area (Å²) in [6.07, 6.45) is -4.71. The van der Waals surface area contributed by atoms with E-state index in [1.807, 2.05) is 0 Å². The number of nitrogens with two attached hydrogens (primary N) is 2. The molecule has 1 aromatic rings. The Balaban J connectivity index is 1.41. The number of H-pyrrole nitrogens is 1. The molecule has 29 heteroatoms. The first-order valence-electron chi connectivity index (χ1n) is 27.9. The number of nitrogens with zero attached hydrogens (tertiary/aromatic N) is 4. The summed E-state index contributed by atoms with van der Waals surface area (Å²) in [7, 11) is 1.26. The number of carboxylic acid groups (broad SMARTS) is 1. The highest BCUT2D eigenvalue weighted by Gasteiger charge is 2.59. The second-order valence-electron chi connectivity index (χ2n) is 21.5. The summed E-state index contributed by atoms with van der Waals surface area (Å²) >= 11 is 0. The summed E-state index contributed by atoms with van der Waals surface area (Å²) in [6, 6.07) is -7.81. The number of amides is 7. The number of methoxy groups -OCH3 is 1. The Hall–Kier alpha value is -5.79. The van der Waals surface area contributed by atoms with Crippen LogP contribution in [-0.4, -0.2) is 212 Å². The van der Waals surface area contributed by atoms with Gasteiger partial charge in [0, 0.05) is 52.1 Å². The number of aliphatic hydroxyl groups is 4. The molecule has 0 aromatic carbocycles. The Bertz CT molecular complexity index is 2380. The minimum Gasteiger partial charge on any atom is -0.480 e. The fraction of sp³-hybridized carbons (Fsp3) is 0.784. The standard InChI is InChI=1S/C51H86N12O17/c1-7-8-9-10-11-12-13-14-15-16-22-62-44(71)34(39(80-47-41(77-6)36(66)29(25-52)78-47)40-37(67)38(68)45(79-40)63-24-19-30(64)57-50(63)75)61(51(62)76)23-17-20-54-42(69)33(35(65)27(4)5)58-43(70)32(28-18-21-55-48(53)56-28)60-49(74)59-31(26(2)3)46(72)73/h19,24,26-29,31-41,45,47,65-68H,7-18,20-23,25,52H2,1-6H3,(H,54,69)(H,58,70)(H,72,73)(H3,53,55,56)(H,57,64,75)(H2,59,60,74)/t28?,29-,31?,32?,33?,34?,35?,36+,37+,38-,39-,40+,41-,45-,47?/m1/s1. The molecule has 4 aliphatic heterocycles. The van der Waals surface area contributed by atoms with Crippen LogP contribution in [0.2, 0.25) is 0 Å².